The number of rotatable bonds is 7. The fourth-order valence-corrected chi connectivity index (χ4v) is 7.39. The van der Waals surface area contributed by atoms with Gasteiger partial charge < -0.3 is 14.0 Å². The van der Waals surface area contributed by atoms with Gasteiger partial charge in [0.2, 0.25) is 16.6 Å². The minimum atomic E-state index is -1.83. The molecule has 1 aliphatic carbocycles. The second-order valence-electron chi connectivity index (χ2n) is 14.9. The van der Waals surface area contributed by atoms with E-state index >= 15 is 0 Å². The molecule has 0 amide bonds. The molecule has 49 heavy (non-hydrogen) atoms. The van der Waals surface area contributed by atoms with E-state index in [2.05, 4.69) is 122 Å². The topological polar surface area (TPSA) is 55.8 Å². The molecule has 0 heterocycles. The minimum absolute atomic E-state index is 0.00330. The molecule has 268 valence electrons. The average molecular weight is 937 g/mol. The van der Waals surface area contributed by atoms with Crippen LogP contribution in [0, 0.1) is 5.92 Å². The third-order valence-electron chi connectivity index (χ3n) is 9.04. The normalized spacial score (nSPS) is 15.5. The van der Waals surface area contributed by atoms with E-state index in [-0.39, 0.29) is 16.0 Å². The lowest BCUT2D eigenvalue weighted by atomic mass is 9.90. The third kappa shape index (κ3) is 13.7. The predicted octanol–water partition coefficient (Wildman–Crippen LogP) is 14.4. The van der Waals surface area contributed by atoms with Crippen molar-refractivity contribution in [2.45, 2.75) is 90.3 Å². The van der Waals surface area contributed by atoms with Gasteiger partial charge in [0, 0.05) is 35.5 Å². The smallest absolute Gasteiger partial charge is 0.250 e. The molecule has 3 aromatic rings. The maximum atomic E-state index is 10.7. The van der Waals surface area contributed by atoms with E-state index in [4.69, 9.17) is 32.1 Å². The van der Waals surface area contributed by atoms with Gasteiger partial charge in [0.1, 0.15) is 5.75 Å². The number of hydrogen-bond donors (Lipinski definition) is 1. The van der Waals surface area contributed by atoms with Crippen LogP contribution in [0.2, 0.25) is 46.3 Å². The van der Waals surface area contributed by atoms with E-state index < -0.39 is 22.7 Å². The van der Waals surface area contributed by atoms with E-state index in [9.17, 15) is 9.90 Å². The second kappa shape index (κ2) is 18.5. The van der Waals surface area contributed by atoms with Gasteiger partial charge in [0.15, 0.2) is 6.29 Å². The number of carbonyl (C=O) groups is 1. The van der Waals surface area contributed by atoms with Gasteiger partial charge >= 0.3 is 0 Å². The average Bonchev–Trinajstić information content (AvgIpc) is 3.00. The Kier molecular flexibility index (Phi) is 16.6. The van der Waals surface area contributed by atoms with Crippen molar-refractivity contribution in [2.75, 3.05) is 0 Å². The van der Waals surface area contributed by atoms with Gasteiger partial charge in [0.25, 0.3) is 0 Å². The summed E-state index contributed by atoms with van der Waals surface area (Å²) in [5.41, 5.74) is 1.26. The van der Waals surface area contributed by atoms with Gasteiger partial charge in [-0.3, -0.25) is 4.79 Å². The van der Waals surface area contributed by atoms with Gasteiger partial charge in [-0.1, -0.05) is 119 Å². The van der Waals surface area contributed by atoms with Crippen molar-refractivity contribution in [1.29, 1.82) is 0 Å². The van der Waals surface area contributed by atoms with Crippen molar-refractivity contribution in [3.05, 3.63) is 119 Å². The molecule has 0 spiro atoms. The lowest BCUT2D eigenvalue weighted by molar-refractivity contribution is 0.112. The number of benzene rings is 3. The van der Waals surface area contributed by atoms with Crippen LogP contribution in [-0.2, 0) is 4.43 Å². The summed E-state index contributed by atoms with van der Waals surface area (Å²) >= 11 is 22.0. The monoisotopic (exact) mass is 932 g/mol. The number of allylic oxidation sites excluding steroid dienone is 2. The SMILES string of the molecule is CC(C)(C)[Si](C)(C)OC1=CCC(C(O)c2cc(Br)ccc2Cl)C=C1.CC(C)(C)[Si](C)(C)Oc1ccc(Br)cc1.O=Cc1cc(Br)ccc1Cl. The highest BCUT2D eigenvalue weighted by Crippen LogP contribution is 2.40. The third-order valence-corrected chi connectivity index (χ3v) is 20.0. The van der Waals surface area contributed by atoms with Crippen molar-refractivity contribution in [3.63, 3.8) is 0 Å². The van der Waals surface area contributed by atoms with Crippen molar-refractivity contribution >= 4 is 93.9 Å². The van der Waals surface area contributed by atoms with E-state index in [1.807, 2.05) is 48.6 Å². The Morgan fingerprint density at radius 1 is 0.776 bits per heavy atom. The summed E-state index contributed by atoms with van der Waals surface area (Å²) in [7, 11) is -3.51. The van der Waals surface area contributed by atoms with Gasteiger partial charge in [0.05, 0.1) is 16.9 Å². The van der Waals surface area contributed by atoms with Crippen LogP contribution in [0.3, 0.4) is 0 Å². The zero-order chi connectivity index (χ0) is 37.4. The van der Waals surface area contributed by atoms with Crippen LogP contribution in [0.1, 0.15) is 70.0 Å². The molecular formula is C38H49Br3Cl2O4Si2. The highest BCUT2D eigenvalue weighted by Gasteiger charge is 2.40. The van der Waals surface area contributed by atoms with Crippen LogP contribution in [-0.4, -0.2) is 28.0 Å². The lowest BCUT2D eigenvalue weighted by Gasteiger charge is -2.37. The molecule has 3 aromatic carbocycles. The first kappa shape index (κ1) is 44.0. The van der Waals surface area contributed by atoms with E-state index in [0.717, 1.165) is 43.2 Å². The zero-order valence-corrected chi connectivity index (χ0v) is 38.3. The first-order valence-corrected chi connectivity index (χ1v) is 25.0. The first-order valence-electron chi connectivity index (χ1n) is 16.0. The lowest BCUT2D eigenvalue weighted by Crippen LogP contribution is -2.43. The molecule has 0 aliphatic heterocycles. The summed E-state index contributed by atoms with van der Waals surface area (Å²) in [5, 5.41) is 12.2. The molecule has 0 bridgehead atoms. The molecule has 0 fully saturated rings. The summed E-state index contributed by atoms with van der Waals surface area (Å²) in [6.07, 6.45) is 6.95. The summed E-state index contributed by atoms with van der Waals surface area (Å²) < 4.78 is 15.3. The Labute approximate surface area is 331 Å². The molecular weight excluding hydrogens is 887 g/mol. The Balaban J connectivity index is 0.000000283. The van der Waals surface area contributed by atoms with Gasteiger partial charge in [-0.25, -0.2) is 0 Å². The van der Waals surface area contributed by atoms with Gasteiger partial charge in [-0.2, -0.15) is 0 Å². The molecule has 2 unspecified atom stereocenters. The fourth-order valence-electron chi connectivity index (χ4n) is 3.90. The highest BCUT2D eigenvalue weighted by atomic mass is 79.9. The summed E-state index contributed by atoms with van der Waals surface area (Å²) in [4.78, 5) is 10.3. The summed E-state index contributed by atoms with van der Waals surface area (Å²) in [5.74, 6) is 1.90. The number of halogens is 5. The molecule has 2 atom stereocenters. The van der Waals surface area contributed by atoms with Crippen LogP contribution in [0.4, 0.5) is 0 Å². The van der Waals surface area contributed by atoms with E-state index in [1.165, 1.54) is 0 Å². The Morgan fingerprint density at radius 3 is 1.73 bits per heavy atom. The Bertz CT molecular complexity index is 1610. The molecule has 0 aromatic heterocycles. The fraction of sp³-hybridized carbons (Fsp3) is 0.395. The Hall–Kier alpha value is -1.18. The quantitative estimate of drug-likeness (QED) is 0.189. The number of hydrogen-bond acceptors (Lipinski definition) is 4. The van der Waals surface area contributed by atoms with E-state index in [0.29, 0.717) is 15.6 Å². The molecule has 1 aliphatic rings. The van der Waals surface area contributed by atoms with Crippen LogP contribution in [0.5, 0.6) is 5.75 Å². The largest absolute Gasteiger partial charge is 0.544 e. The molecule has 0 saturated carbocycles. The number of carbonyl (C=O) groups excluding carboxylic acids is 1. The standard InChI is InChI=1S/C19H26BrClO2Si.C12H19BrOSi.C7H4BrClO/c1-19(2,3)24(4,5)23-15-9-6-13(7-10-15)18(22)16-12-14(20)8-11-17(16)21;1-12(2,3)15(4,5)14-11-8-6-10(13)7-9-11;8-6-1-2-7(9)5(3-6)4-10/h6,8-13,18,22H,7H2,1-5H3;6-9H,1-5H3;1-4H. The molecule has 11 heteroatoms. The van der Waals surface area contributed by atoms with Crippen LogP contribution < -0.4 is 4.43 Å². The zero-order valence-electron chi connectivity index (χ0n) is 30.0. The van der Waals surface area contributed by atoms with Crippen molar-refractivity contribution in [2.24, 2.45) is 5.92 Å². The van der Waals surface area contributed by atoms with Crippen molar-refractivity contribution in [1.82, 2.24) is 0 Å². The second-order valence-corrected chi connectivity index (χ2v) is 27.9. The number of aldehydes is 1. The van der Waals surface area contributed by atoms with Gasteiger partial charge in [-0.05, 0) is 116 Å². The maximum absolute atomic E-state index is 10.7. The molecule has 0 saturated heterocycles. The highest BCUT2D eigenvalue weighted by molar-refractivity contribution is 9.11. The van der Waals surface area contributed by atoms with Crippen LogP contribution in [0.25, 0.3) is 0 Å². The Morgan fingerprint density at radius 2 is 1.27 bits per heavy atom. The summed E-state index contributed by atoms with van der Waals surface area (Å²) in [6.45, 7) is 22.4. The summed E-state index contributed by atoms with van der Waals surface area (Å²) in [6, 6.07) is 18.8. The molecule has 0 radical (unpaired) electrons. The van der Waals surface area contributed by atoms with Crippen molar-refractivity contribution in [3.8, 4) is 5.75 Å². The molecule has 4 rings (SSSR count). The van der Waals surface area contributed by atoms with Crippen LogP contribution in [0.15, 0.2) is 98.1 Å². The predicted molar refractivity (Wildman–Crippen MR) is 224 cm³/mol. The van der Waals surface area contributed by atoms with Gasteiger partial charge in [-0.15, -0.1) is 0 Å². The molecule has 1 N–H and O–H groups in total. The number of aliphatic hydroxyl groups is 1. The first-order chi connectivity index (χ1) is 22.5. The van der Waals surface area contributed by atoms with Crippen LogP contribution >= 0.6 is 71.0 Å². The van der Waals surface area contributed by atoms with E-state index in [1.54, 1.807) is 24.3 Å². The maximum Gasteiger partial charge on any atom is 0.250 e. The number of aliphatic hydroxyl groups excluding tert-OH is 1. The van der Waals surface area contributed by atoms with Crippen molar-refractivity contribution < 1.29 is 18.8 Å². The minimum Gasteiger partial charge on any atom is -0.544 e. The molecule has 4 nitrogen and oxygen atoms in total.